The SMILES string of the molecule is COc1cccc(S(F)(F)(F)(F)F)c1.OCC12CCCN1CCC2. The molecule has 2 aliphatic heterocycles. The first-order chi connectivity index (χ1) is 10.9. The second kappa shape index (κ2) is 5.74. The van der Waals surface area contributed by atoms with Crippen molar-refractivity contribution in [3.05, 3.63) is 24.3 Å². The number of hydrogen-bond acceptors (Lipinski definition) is 3. The molecule has 24 heavy (non-hydrogen) atoms. The zero-order valence-electron chi connectivity index (χ0n) is 13.4. The van der Waals surface area contributed by atoms with Crippen LogP contribution in [0.4, 0.5) is 19.4 Å². The Balaban J connectivity index is 0.000000182. The maximum atomic E-state index is 12.2. The van der Waals surface area contributed by atoms with Crippen LogP contribution in [0.25, 0.3) is 0 Å². The van der Waals surface area contributed by atoms with Gasteiger partial charge in [-0.3, -0.25) is 4.90 Å². The molecule has 3 nitrogen and oxygen atoms in total. The predicted molar refractivity (Wildman–Crippen MR) is 84.2 cm³/mol. The molecule has 3 rings (SSSR count). The molecule has 140 valence electrons. The molecule has 0 radical (unpaired) electrons. The smallest absolute Gasteiger partial charge is 0.310 e. The molecule has 1 N–H and O–H groups in total. The number of rotatable bonds is 3. The van der Waals surface area contributed by atoms with Crippen LogP contribution >= 0.6 is 10.2 Å². The summed E-state index contributed by atoms with van der Waals surface area (Å²) in [5.74, 6) is -0.254. The molecule has 9 heteroatoms. The first-order valence-electron chi connectivity index (χ1n) is 7.64. The average Bonchev–Trinajstić information content (AvgIpc) is 3.05. The second-order valence-electron chi connectivity index (χ2n) is 6.22. The summed E-state index contributed by atoms with van der Waals surface area (Å²) in [6.07, 6.45) is 5.04. The lowest BCUT2D eigenvalue weighted by molar-refractivity contribution is 0.0999. The zero-order chi connectivity index (χ0) is 18.1. The van der Waals surface area contributed by atoms with Gasteiger partial charge in [-0.1, -0.05) is 25.5 Å². The topological polar surface area (TPSA) is 32.7 Å². The number of ether oxygens (including phenoxy) is 1. The van der Waals surface area contributed by atoms with Gasteiger partial charge in [0.25, 0.3) is 0 Å². The van der Waals surface area contributed by atoms with Gasteiger partial charge in [-0.2, -0.15) is 0 Å². The van der Waals surface area contributed by atoms with Gasteiger partial charge < -0.3 is 9.84 Å². The molecular formula is C15H22F5NO2S. The van der Waals surface area contributed by atoms with Crippen LogP contribution in [-0.4, -0.2) is 42.4 Å². The molecule has 0 aliphatic carbocycles. The van der Waals surface area contributed by atoms with Gasteiger partial charge in [-0.25, -0.2) is 0 Å². The van der Waals surface area contributed by atoms with E-state index in [0.717, 1.165) is 19.2 Å². The molecule has 0 saturated carbocycles. The summed E-state index contributed by atoms with van der Waals surface area (Å²) in [5, 5.41) is 9.19. The number of aliphatic hydroxyl groups excluding tert-OH is 1. The summed E-state index contributed by atoms with van der Waals surface area (Å²) in [6.45, 7) is 2.83. The van der Waals surface area contributed by atoms with Crippen LogP contribution < -0.4 is 4.74 Å². The van der Waals surface area contributed by atoms with Gasteiger partial charge in [0.05, 0.1) is 13.7 Å². The van der Waals surface area contributed by atoms with E-state index in [4.69, 9.17) is 0 Å². The summed E-state index contributed by atoms with van der Waals surface area (Å²) in [7, 11) is -8.46. The van der Waals surface area contributed by atoms with E-state index in [1.165, 1.54) is 38.8 Å². The minimum Gasteiger partial charge on any atom is -0.497 e. The number of methoxy groups -OCH3 is 1. The fourth-order valence-corrected chi connectivity index (χ4v) is 4.00. The number of fused-ring (bicyclic) bond motifs is 1. The van der Waals surface area contributed by atoms with Crippen LogP contribution in [-0.2, 0) is 0 Å². The van der Waals surface area contributed by atoms with Crippen molar-refractivity contribution in [1.82, 2.24) is 4.90 Å². The molecule has 1 aromatic carbocycles. The summed E-state index contributed by atoms with van der Waals surface area (Å²) >= 11 is 0. The number of nitrogens with zero attached hydrogens (tertiary/aromatic N) is 1. The van der Waals surface area contributed by atoms with Crippen LogP contribution in [0, 0.1) is 0 Å². The van der Waals surface area contributed by atoms with Gasteiger partial charge in [0.2, 0.25) is 0 Å². The van der Waals surface area contributed by atoms with Crippen LogP contribution in [0.2, 0.25) is 0 Å². The van der Waals surface area contributed by atoms with Crippen molar-refractivity contribution in [2.45, 2.75) is 36.1 Å². The molecule has 0 atom stereocenters. The first kappa shape index (κ1) is 19.3. The van der Waals surface area contributed by atoms with Crippen LogP contribution in [0.1, 0.15) is 25.7 Å². The molecule has 0 aromatic heterocycles. The normalized spacial score (nSPS) is 22.8. The van der Waals surface area contributed by atoms with Crippen molar-refractivity contribution in [2.75, 3.05) is 26.8 Å². The van der Waals surface area contributed by atoms with E-state index < -0.39 is 15.1 Å². The lowest BCUT2D eigenvalue weighted by atomic mass is 9.96. The fourth-order valence-electron chi connectivity index (χ4n) is 3.32. The van der Waals surface area contributed by atoms with Crippen molar-refractivity contribution in [1.29, 1.82) is 0 Å². The van der Waals surface area contributed by atoms with E-state index in [2.05, 4.69) is 9.64 Å². The Morgan fingerprint density at radius 2 is 1.71 bits per heavy atom. The summed E-state index contributed by atoms with van der Waals surface area (Å²) in [6, 6.07) is 2.63. The molecule has 0 unspecified atom stereocenters. The minimum atomic E-state index is -9.56. The van der Waals surface area contributed by atoms with Crippen molar-refractivity contribution in [3.8, 4) is 5.75 Å². The molecule has 1 aromatic rings. The van der Waals surface area contributed by atoms with Gasteiger partial charge in [0.1, 0.15) is 10.6 Å². The molecule has 0 spiro atoms. The molecule has 2 fully saturated rings. The number of halogens is 5. The Morgan fingerprint density at radius 3 is 2.12 bits per heavy atom. The van der Waals surface area contributed by atoms with Crippen molar-refractivity contribution in [2.24, 2.45) is 0 Å². The molecule has 0 amide bonds. The third-order valence-electron chi connectivity index (χ3n) is 4.59. The van der Waals surface area contributed by atoms with Gasteiger partial charge in [0.15, 0.2) is 0 Å². The monoisotopic (exact) mass is 375 g/mol. The third-order valence-corrected chi connectivity index (χ3v) is 5.74. The molecule has 2 aliphatic rings. The molecule has 0 bridgehead atoms. The van der Waals surface area contributed by atoms with Crippen LogP contribution in [0.15, 0.2) is 29.2 Å². The van der Waals surface area contributed by atoms with E-state index in [0.29, 0.717) is 12.7 Å². The van der Waals surface area contributed by atoms with E-state index in [1.54, 1.807) is 0 Å². The third kappa shape index (κ3) is 4.31. The zero-order valence-corrected chi connectivity index (χ0v) is 14.2. The van der Waals surface area contributed by atoms with E-state index in [9.17, 15) is 24.5 Å². The highest BCUT2D eigenvalue weighted by atomic mass is 32.5. The van der Waals surface area contributed by atoms with E-state index in [1.807, 2.05) is 0 Å². The Hall–Kier alpha value is -1.06. The van der Waals surface area contributed by atoms with Gasteiger partial charge >= 0.3 is 10.2 Å². The van der Waals surface area contributed by atoms with Crippen molar-refractivity contribution in [3.63, 3.8) is 0 Å². The maximum Gasteiger partial charge on any atom is 0.310 e. The van der Waals surface area contributed by atoms with Gasteiger partial charge in [-0.15, -0.1) is 0 Å². The molecular weight excluding hydrogens is 353 g/mol. The van der Waals surface area contributed by atoms with E-state index >= 15 is 0 Å². The summed E-state index contributed by atoms with van der Waals surface area (Å²) in [5.41, 5.74) is 0.236. The quantitative estimate of drug-likeness (QED) is 0.758. The highest BCUT2D eigenvalue weighted by Crippen LogP contribution is 3.02. The lowest BCUT2D eigenvalue weighted by Gasteiger charge is -2.40. The number of hydrogen-bond donors (Lipinski definition) is 1. The maximum absolute atomic E-state index is 12.2. The lowest BCUT2D eigenvalue weighted by Crippen LogP contribution is -2.41. The minimum absolute atomic E-state index is 0.236. The Morgan fingerprint density at radius 1 is 1.12 bits per heavy atom. The Labute approximate surface area is 138 Å². The van der Waals surface area contributed by atoms with Gasteiger partial charge in [0, 0.05) is 11.6 Å². The number of aliphatic hydroxyl groups is 1. The summed E-state index contributed by atoms with van der Waals surface area (Å²) in [4.78, 5) is 0.525. The average molecular weight is 375 g/mol. The van der Waals surface area contributed by atoms with Crippen molar-refractivity contribution < 1.29 is 29.3 Å². The van der Waals surface area contributed by atoms with Crippen LogP contribution in [0.5, 0.6) is 5.75 Å². The molecule has 2 heterocycles. The van der Waals surface area contributed by atoms with E-state index in [-0.39, 0.29) is 17.4 Å². The fraction of sp³-hybridized carbons (Fsp3) is 0.600. The second-order valence-corrected chi connectivity index (χ2v) is 8.63. The Bertz CT molecular complexity index is 583. The predicted octanol–water partition coefficient (Wildman–Crippen LogP) is 4.96. The van der Waals surface area contributed by atoms with Crippen LogP contribution in [0.3, 0.4) is 0 Å². The molecule has 2 saturated heterocycles. The largest absolute Gasteiger partial charge is 0.497 e. The number of benzene rings is 1. The van der Waals surface area contributed by atoms with Crippen molar-refractivity contribution >= 4 is 10.2 Å². The standard InChI is InChI=1S/C8H15NO.C7H7F5OS/c10-7-8-3-1-5-9(8)6-2-4-8;1-13-6-3-2-4-7(5-6)14(8,9,10,11)12/h10H,1-7H2;2-5H,1H3. The summed E-state index contributed by atoms with van der Waals surface area (Å²) < 4.78 is 65.5. The Kier molecular flexibility index (Phi) is 4.61. The van der Waals surface area contributed by atoms with Gasteiger partial charge in [-0.05, 0) is 50.9 Å². The highest BCUT2D eigenvalue weighted by molar-refractivity contribution is 8.45. The first-order valence-corrected chi connectivity index (χ1v) is 9.59. The highest BCUT2D eigenvalue weighted by Gasteiger charge is 2.65.